The van der Waals surface area contributed by atoms with Crippen molar-refractivity contribution in [1.82, 2.24) is 15.1 Å². The molecule has 7 rings (SSSR count). The van der Waals surface area contributed by atoms with Crippen molar-refractivity contribution in [1.29, 1.82) is 0 Å². The van der Waals surface area contributed by atoms with E-state index in [1.54, 1.807) is 12.4 Å². The Balaban J connectivity index is 1.06. The Morgan fingerprint density at radius 2 is 1.90 bits per heavy atom. The van der Waals surface area contributed by atoms with E-state index in [1.807, 2.05) is 26.0 Å². The third-order valence-electron chi connectivity index (χ3n) is 8.47. The predicted octanol–water partition coefficient (Wildman–Crippen LogP) is 7.88. The quantitative estimate of drug-likeness (QED) is 0.216. The first-order chi connectivity index (χ1) is 20.2. The van der Waals surface area contributed by atoms with Crippen molar-refractivity contribution in [3.8, 4) is 17.0 Å². The number of fused-ring (bicyclic) bond motifs is 1. The van der Waals surface area contributed by atoms with Crippen LogP contribution in [0.4, 0.5) is 5.69 Å². The molecule has 2 aliphatic carbocycles. The van der Waals surface area contributed by atoms with Crippen molar-refractivity contribution < 1.29 is 19.2 Å². The number of hydrogen-bond acceptors (Lipinski definition) is 7. The summed E-state index contributed by atoms with van der Waals surface area (Å²) >= 11 is 12.9. The van der Waals surface area contributed by atoms with Gasteiger partial charge >= 0.3 is 5.97 Å². The highest BCUT2D eigenvalue weighted by Gasteiger charge is 2.51. The summed E-state index contributed by atoms with van der Waals surface area (Å²) in [7, 11) is 0. The molecule has 216 valence electrons. The number of hydrogen-bond donors (Lipinski definition) is 1. The molecular formula is C32H30Cl2N4O4. The highest BCUT2D eigenvalue weighted by molar-refractivity contribution is 6.39. The normalized spacial score (nSPS) is 18.2. The molecule has 0 amide bonds. The third kappa shape index (κ3) is 4.90. The number of aromatic nitrogens is 3. The predicted molar refractivity (Wildman–Crippen MR) is 163 cm³/mol. The van der Waals surface area contributed by atoms with Crippen molar-refractivity contribution in [2.24, 2.45) is 11.3 Å². The summed E-state index contributed by atoms with van der Waals surface area (Å²) in [6.45, 7) is 5.82. The van der Waals surface area contributed by atoms with Gasteiger partial charge in [0.2, 0.25) is 0 Å². The van der Waals surface area contributed by atoms with Crippen molar-refractivity contribution in [3.63, 3.8) is 0 Å². The fourth-order valence-corrected chi connectivity index (χ4v) is 6.94. The molecule has 1 spiro atoms. The van der Waals surface area contributed by atoms with Crippen molar-refractivity contribution in [2.45, 2.75) is 51.6 Å². The lowest BCUT2D eigenvalue weighted by Crippen LogP contribution is -2.62. The maximum atomic E-state index is 11.6. The Labute approximate surface area is 253 Å². The van der Waals surface area contributed by atoms with Gasteiger partial charge in [-0.25, -0.2) is 9.78 Å². The van der Waals surface area contributed by atoms with E-state index in [1.165, 1.54) is 6.07 Å². The summed E-state index contributed by atoms with van der Waals surface area (Å²) in [4.78, 5) is 22.3. The number of rotatable bonds is 8. The van der Waals surface area contributed by atoms with Gasteiger partial charge in [0.1, 0.15) is 17.2 Å². The standard InChI is InChI=1S/C32H30Cl2N4O4/c1-17(2)41-27-10-26(31(39)40)36-25-8-6-20(9-22(25)27)38-15-32(16-38)11-18(12-32)3-7-21-29(37-42-30(21)19-4-5-19)28-23(33)13-35-14-24(28)34/h3,6-10,13-14,17-19H,4-5,11-12,15-16H2,1-2H3,(H,39,40). The fourth-order valence-electron chi connectivity index (χ4n) is 6.39. The average molecular weight is 606 g/mol. The zero-order valence-corrected chi connectivity index (χ0v) is 24.8. The Morgan fingerprint density at radius 3 is 2.57 bits per heavy atom. The second kappa shape index (κ2) is 10.3. The largest absolute Gasteiger partial charge is 0.490 e. The lowest BCUT2D eigenvalue weighted by Gasteiger charge is -2.59. The van der Waals surface area contributed by atoms with Crippen molar-refractivity contribution >= 4 is 51.8 Å². The first kappa shape index (κ1) is 27.2. The molecule has 3 aliphatic rings. The van der Waals surface area contributed by atoms with E-state index in [0.717, 1.165) is 61.2 Å². The number of carbonyl (C=O) groups is 1. The number of allylic oxidation sites excluding steroid dienone is 1. The molecule has 0 atom stereocenters. The summed E-state index contributed by atoms with van der Waals surface area (Å²) in [5.74, 6) is 1.27. The number of pyridine rings is 2. The number of carboxylic acids is 1. The summed E-state index contributed by atoms with van der Waals surface area (Å²) in [6.07, 6.45) is 12.0. The summed E-state index contributed by atoms with van der Waals surface area (Å²) in [5.41, 5.74) is 4.31. The van der Waals surface area contributed by atoms with Gasteiger partial charge in [-0.2, -0.15) is 0 Å². The second-order valence-electron chi connectivity index (χ2n) is 12.1. The summed E-state index contributed by atoms with van der Waals surface area (Å²) < 4.78 is 11.8. The molecular weight excluding hydrogens is 575 g/mol. The minimum Gasteiger partial charge on any atom is -0.490 e. The molecule has 1 aliphatic heterocycles. The molecule has 0 unspecified atom stereocenters. The van der Waals surface area contributed by atoms with Gasteiger partial charge in [0, 0.05) is 65.1 Å². The molecule has 4 heterocycles. The third-order valence-corrected chi connectivity index (χ3v) is 9.05. The molecule has 1 saturated heterocycles. The van der Waals surface area contributed by atoms with E-state index in [0.29, 0.717) is 49.8 Å². The lowest BCUT2D eigenvalue weighted by molar-refractivity contribution is 0.0486. The highest BCUT2D eigenvalue weighted by Crippen LogP contribution is 2.54. The smallest absolute Gasteiger partial charge is 0.354 e. The van der Waals surface area contributed by atoms with Crippen molar-refractivity contribution in [3.05, 3.63) is 69.8 Å². The lowest BCUT2D eigenvalue weighted by atomic mass is 9.57. The second-order valence-corrected chi connectivity index (χ2v) is 12.9. The Bertz CT molecular complexity index is 1710. The Morgan fingerprint density at radius 1 is 1.17 bits per heavy atom. The van der Waals surface area contributed by atoms with Crippen LogP contribution in [0.25, 0.3) is 28.2 Å². The topological polar surface area (TPSA) is 102 Å². The number of aromatic carboxylic acids is 1. The Kier molecular flexibility index (Phi) is 6.66. The van der Waals surface area contributed by atoms with Crippen molar-refractivity contribution in [2.75, 3.05) is 18.0 Å². The number of nitrogens with zero attached hydrogens (tertiary/aromatic N) is 4. The van der Waals surface area contributed by atoms with E-state index >= 15 is 0 Å². The van der Waals surface area contributed by atoms with Gasteiger partial charge in [-0.3, -0.25) is 4.98 Å². The molecule has 1 aromatic carbocycles. The maximum Gasteiger partial charge on any atom is 0.354 e. The molecule has 3 aromatic heterocycles. The number of benzene rings is 1. The first-order valence-electron chi connectivity index (χ1n) is 14.3. The highest BCUT2D eigenvalue weighted by atomic mass is 35.5. The van der Waals surface area contributed by atoms with Gasteiger partial charge < -0.3 is 19.3 Å². The molecule has 0 bridgehead atoms. The Hall–Kier alpha value is -3.62. The van der Waals surface area contributed by atoms with Crippen LogP contribution in [-0.4, -0.2) is 45.4 Å². The molecule has 4 aromatic rings. The molecule has 10 heteroatoms. The van der Waals surface area contributed by atoms with Crippen LogP contribution in [0, 0.1) is 11.3 Å². The molecule has 2 saturated carbocycles. The number of anilines is 1. The van der Waals surface area contributed by atoms with Crippen LogP contribution in [0.3, 0.4) is 0 Å². The van der Waals surface area contributed by atoms with Crippen LogP contribution in [0.15, 0.2) is 47.3 Å². The number of halogens is 2. The molecule has 1 N–H and O–H groups in total. The molecule has 0 radical (unpaired) electrons. The van der Waals surface area contributed by atoms with E-state index < -0.39 is 5.97 Å². The fraction of sp³-hybridized carbons (Fsp3) is 0.375. The summed E-state index contributed by atoms with van der Waals surface area (Å²) in [5, 5.41) is 15.6. The van der Waals surface area contributed by atoms with Crippen LogP contribution in [0.5, 0.6) is 5.75 Å². The molecule has 42 heavy (non-hydrogen) atoms. The van der Waals surface area contributed by atoms with Crippen LogP contribution >= 0.6 is 23.2 Å². The van der Waals surface area contributed by atoms with Gasteiger partial charge in [0.15, 0.2) is 5.69 Å². The average Bonchev–Trinajstić information content (AvgIpc) is 3.66. The number of ether oxygens (including phenoxy) is 1. The van der Waals surface area contributed by atoms with Gasteiger partial charge in [0.05, 0.1) is 21.7 Å². The van der Waals surface area contributed by atoms with Gasteiger partial charge in [-0.1, -0.05) is 40.5 Å². The minimum atomic E-state index is -1.07. The minimum absolute atomic E-state index is 0.0167. The van der Waals surface area contributed by atoms with E-state index in [9.17, 15) is 9.90 Å². The van der Waals surface area contributed by atoms with E-state index in [2.05, 4.69) is 38.2 Å². The zero-order chi connectivity index (χ0) is 29.2. The monoisotopic (exact) mass is 604 g/mol. The molecule has 8 nitrogen and oxygen atoms in total. The maximum absolute atomic E-state index is 11.6. The van der Waals surface area contributed by atoms with E-state index in [4.69, 9.17) is 32.5 Å². The first-order valence-corrected chi connectivity index (χ1v) is 15.0. The molecule has 3 fully saturated rings. The number of carboxylic acid groups (broad SMARTS) is 1. The van der Waals surface area contributed by atoms with Crippen LogP contribution in [-0.2, 0) is 0 Å². The summed E-state index contributed by atoms with van der Waals surface area (Å²) in [6, 6.07) is 7.49. The SMILES string of the molecule is CC(C)Oc1cc(C(=O)O)nc2ccc(N3CC4(CC(C=Cc5c(-c6c(Cl)cncc6Cl)noc5C5CC5)C4)C3)cc12. The van der Waals surface area contributed by atoms with Gasteiger partial charge in [-0.05, 0) is 63.6 Å². The van der Waals surface area contributed by atoms with Gasteiger partial charge in [0.25, 0.3) is 0 Å². The van der Waals surface area contributed by atoms with Gasteiger partial charge in [-0.15, -0.1) is 0 Å². The van der Waals surface area contributed by atoms with Crippen LogP contribution in [0.2, 0.25) is 10.0 Å². The zero-order valence-electron chi connectivity index (χ0n) is 23.3. The van der Waals surface area contributed by atoms with Crippen LogP contribution < -0.4 is 9.64 Å². The van der Waals surface area contributed by atoms with Crippen LogP contribution in [0.1, 0.15) is 67.3 Å². The van der Waals surface area contributed by atoms with E-state index in [-0.39, 0.29) is 11.8 Å².